The predicted molar refractivity (Wildman–Crippen MR) is 98.1 cm³/mol. The molecule has 0 radical (unpaired) electrons. The van der Waals surface area contributed by atoms with Crippen molar-refractivity contribution in [3.8, 4) is 0 Å². The van der Waals surface area contributed by atoms with Crippen LogP contribution in [0.2, 0.25) is 0 Å². The highest BCUT2D eigenvalue weighted by Gasteiger charge is 2.07. The Morgan fingerprint density at radius 2 is 1.83 bits per heavy atom. The number of benzene rings is 2. The molecule has 0 aliphatic rings. The van der Waals surface area contributed by atoms with E-state index in [-0.39, 0.29) is 5.78 Å². The summed E-state index contributed by atoms with van der Waals surface area (Å²) >= 11 is 1.47. The van der Waals surface area contributed by atoms with Gasteiger partial charge in [-0.2, -0.15) is 0 Å². The molecule has 0 fully saturated rings. The first-order valence-corrected chi connectivity index (χ1v) is 8.35. The number of hydrogen-bond donors (Lipinski definition) is 0. The molecule has 2 heterocycles. The lowest BCUT2D eigenvalue weighted by atomic mass is 10.1. The van der Waals surface area contributed by atoms with Gasteiger partial charge in [-0.25, -0.2) is 0 Å². The van der Waals surface area contributed by atoms with Crippen LogP contribution in [0.15, 0.2) is 66.1 Å². The smallest absolute Gasteiger partial charge is 0.195 e. The first kappa shape index (κ1) is 14.0. The number of ketones is 1. The van der Waals surface area contributed by atoms with Crippen LogP contribution in [-0.4, -0.2) is 10.4 Å². The number of allylic oxidation sites excluding steroid dienone is 1. The van der Waals surface area contributed by atoms with Crippen molar-refractivity contribution < 1.29 is 4.79 Å². The Morgan fingerprint density at radius 3 is 2.65 bits per heavy atom. The van der Waals surface area contributed by atoms with E-state index in [2.05, 4.69) is 54.1 Å². The van der Waals surface area contributed by atoms with E-state index in [4.69, 9.17) is 0 Å². The number of aromatic nitrogens is 1. The van der Waals surface area contributed by atoms with E-state index in [9.17, 15) is 4.79 Å². The maximum absolute atomic E-state index is 12.1. The molecule has 0 unspecified atom stereocenters. The Hall–Kier alpha value is -2.65. The van der Waals surface area contributed by atoms with E-state index >= 15 is 0 Å². The molecule has 0 saturated carbocycles. The molecule has 0 aliphatic carbocycles. The lowest BCUT2D eigenvalue weighted by molar-refractivity contribution is 0.105. The number of carbonyl (C=O) groups is 1. The third-order valence-corrected chi connectivity index (χ3v) is 5.01. The van der Waals surface area contributed by atoms with Crippen molar-refractivity contribution in [1.29, 1.82) is 0 Å². The third kappa shape index (κ3) is 2.39. The monoisotopic (exact) mass is 317 g/mol. The summed E-state index contributed by atoms with van der Waals surface area (Å²) in [5.41, 5.74) is 3.46. The summed E-state index contributed by atoms with van der Waals surface area (Å²) in [7, 11) is 2.08. The van der Waals surface area contributed by atoms with Crippen LogP contribution < -0.4 is 0 Å². The number of rotatable bonds is 3. The fourth-order valence-electron chi connectivity index (χ4n) is 2.96. The maximum Gasteiger partial charge on any atom is 0.195 e. The summed E-state index contributed by atoms with van der Waals surface area (Å²) < 4.78 is 2.20. The third-order valence-electron chi connectivity index (χ3n) is 4.13. The van der Waals surface area contributed by atoms with Crippen molar-refractivity contribution in [3.63, 3.8) is 0 Å². The zero-order valence-electron chi connectivity index (χ0n) is 12.7. The molecule has 112 valence electrons. The minimum atomic E-state index is 0.0537. The van der Waals surface area contributed by atoms with Crippen molar-refractivity contribution in [1.82, 2.24) is 4.57 Å². The van der Waals surface area contributed by atoms with Crippen LogP contribution in [0.1, 0.15) is 15.2 Å². The number of hydrogen-bond acceptors (Lipinski definition) is 2. The first-order chi connectivity index (χ1) is 11.2. The minimum Gasteiger partial charge on any atom is -0.344 e. The molecule has 4 rings (SSSR count). The Bertz CT molecular complexity index is 1040. The average Bonchev–Trinajstić information content (AvgIpc) is 3.21. The van der Waals surface area contributed by atoms with Gasteiger partial charge in [0.1, 0.15) is 0 Å². The second-order valence-electron chi connectivity index (χ2n) is 5.53. The van der Waals surface area contributed by atoms with Gasteiger partial charge in [0, 0.05) is 28.9 Å². The zero-order chi connectivity index (χ0) is 15.8. The van der Waals surface area contributed by atoms with Crippen molar-refractivity contribution in [2.75, 3.05) is 0 Å². The van der Waals surface area contributed by atoms with Crippen LogP contribution in [0, 0.1) is 0 Å². The number of nitrogens with zero attached hydrogens (tertiary/aromatic N) is 1. The van der Waals surface area contributed by atoms with Gasteiger partial charge in [-0.3, -0.25) is 4.79 Å². The van der Waals surface area contributed by atoms with Crippen LogP contribution in [0.4, 0.5) is 0 Å². The van der Waals surface area contributed by atoms with Crippen LogP contribution in [0.3, 0.4) is 0 Å². The van der Waals surface area contributed by atoms with Crippen LogP contribution >= 0.6 is 11.3 Å². The van der Waals surface area contributed by atoms with Gasteiger partial charge in [0.2, 0.25) is 0 Å². The molecule has 0 N–H and O–H groups in total. The van der Waals surface area contributed by atoms with Gasteiger partial charge in [-0.15, -0.1) is 11.3 Å². The van der Waals surface area contributed by atoms with Gasteiger partial charge in [-0.1, -0.05) is 36.4 Å². The molecule has 4 aromatic rings. The van der Waals surface area contributed by atoms with E-state index in [0.717, 1.165) is 10.4 Å². The molecule has 0 bridgehead atoms. The van der Waals surface area contributed by atoms with E-state index < -0.39 is 0 Å². The predicted octanol–water partition coefficient (Wildman–Crippen LogP) is 5.29. The van der Waals surface area contributed by atoms with Gasteiger partial charge in [0.25, 0.3) is 0 Å². The molecule has 0 amide bonds. The SMILES string of the molecule is Cn1c2ccccc2c2cc(/C=C\C(=O)c3cccs3)ccc21. The molecule has 0 spiro atoms. The number of carbonyl (C=O) groups excluding carboxylic acids is 1. The number of thiophene rings is 1. The lowest BCUT2D eigenvalue weighted by Crippen LogP contribution is -1.89. The highest BCUT2D eigenvalue weighted by Crippen LogP contribution is 2.29. The molecular formula is C20H15NOS. The molecule has 2 aromatic heterocycles. The molecule has 0 aliphatic heterocycles. The first-order valence-electron chi connectivity index (χ1n) is 7.47. The topological polar surface area (TPSA) is 22.0 Å². The van der Waals surface area contributed by atoms with Crippen molar-refractivity contribution >= 4 is 45.0 Å². The lowest BCUT2D eigenvalue weighted by Gasteiger charge is -1.98. The largest absolute Gasteiger partial charge is 0.344 e. The fraction of sp³-hybridized carbons (Fsp3) is 0.0500. The quantitative estimate of drug-likeness (QED) is 0.372. The van der Waals surface area contributed by atoms with Crippen molar-refractivity contribution in [2.24, 2.45) is 7.05 Å². The normalized spacial score (nSPS) is 11.7. The Balaban J connectivity index is 1.77. The number of aryl methyl sites for hydroxylation is 1. The van der Waals surface area contributed by atoms with Gasteiger partial charge in [-0.05, 0) is 41.3 Å². The van der Waals surface area contributed by atoms with Crippen LogP contribution in [-0.2, 0) is 7.05 Å². The second-order valence-corrected chi connectivity index (χ2v) is 6.48. The summed E-state index contributed by atoms with van der Waals surface area (Å²) in [5.74, 6) is 0.0537. The molecular weight excluding hydrogens is 302 g/mol. The molecule has 23 heavy (non-hydrogen) atoms. The average molecular weight is 317 g/mol. The van der Waals surface area contributed by atoms with E-state index in [1.807, 2.05) is 23.6 Å². The Kier molecular flexibility index (Phi) is 3.36. The molecule has 0 saturated heterocycles. The Morgan fingerprint density at radius 1 is 1.00 bits per heavy atom. The summed E-state index contributed by atoms with van der Waals surface area (Å²) in [5, 5.41) is 4.38. The van der Waals surface area contributed by atoms with Crippen molar-refractivity contribution in [3.05, 3.63) is 76.5 Å². The van der Waals surface area contributed by atoms with Gasteiger partial charge < -0.3 is 4.57 Å². The van der Waals surface area contributed by atoms with Crippen LogP contribution in [0.25, 0.3) is 27.9 Å². The summed E-state index contributed by atoms with van der Waals surface area (Å²) in [6.45, 7) is 0. The van der Waals surface area contributed by atoms with Gasteiger partial charge in [0.05, 0.1) is 4.88 Å². The standard InChI is InChI=1S/C20H15NOS/c1-21-17-6-3-2-5-15(17)16-13-14(8-10-18(16)21)9-11-19(22)20-7-4-12-23-20/h2-13H,1H3/b11-9-. The highest BCUT2D eigenvalue weighted by molar-refractivity contribution is 7.12. The maximum atomic E-state index is 12.1. The summed E-state index contributed by atoms with van der Waals surface area (Å²) in [6.07, 6.45) is 3.54. The van der Waals surface area contributed by atoms with Gasteiger partial charge in [0.15, 0.2) is 5.78 Å². The van der Waals surface area contributed by atoms with Gasteiger partial charge >= 0.3 is 0 Å². The van der Waals surface area contributed by atoms with Crippen molar-refractivity contribution in [2.45, 2.75) is 0 Å². The Labute approximate surface area is 138 Å². The molecule has 3 heteroatoms. The van der Waals surface area contributed by atoms with E-state index in [1.165, 1.54) is 33.1 Å². The fourth-order valence-corrected chi connectivity index (χ4v) is 3.61. The molecule has 0 atom stereocenters. The summed E-state index contributed by atoms with van der Waals surface area (Å²) in [6, 6.07) is 18.5. The summed E-state index contributed by atoms with van der Waals surface area (Å²) in [4.78, 5) is 12.8. The van der Waals surface area contributed by atoms with Crippen LogP contribution in [0.5, 0.6) is 0 Å². The minimum absolute atomic E-state index is 0.0537. The number of fused-ring (bicyclic) bond motifs is 3. The second kappa shape index (κ2) is 5.52. The zero-order valence-corrected chi connectivity index (χ0v) is 13.5. The highest BCUT2D eigenvalue weighted by atomic mass is 32.1. The number of para-hydroxylation sites is 1. The molecule has 2 nitrogen and oxygen atoms in total. The van der Waals surface area contributed by atoms with E-state index in [0.29, 0.717) is 0 Å². The molecule has 2 aromatic carbocycles. The van der Waals surface area contributed by atoms with E-state index in [1.54, 1.807) is 6.08 Å².